The van der Waals surface area contributed by atoms with Gasteiger partial charge in [0.05, 0.1) is 11.0 Å². The average Bonchev–Trinajstić information content (AvgIpc) is 2.69. The molecule has 2 aromatic rings. The van der Waals surface area contributed by atoms with Crippen molar-refractivity contribution in [3.63, 3.8) is 0 Å². The first-order valence-electron chi connectivity index (χ1n) is 8.42. The summed E-state index contributed by atoms with van der Waals surface area (Å²) in [6, 6.07) is 13.1. The van der Waals surface area contributed by atoms with E-state index < -0.39 is 29.1 Å². The fraction of sp³-hybridized carbons (Fsp3) is 0.263. The van der Waals surface area contributed by atoms with Crippen molar-refractivity contribution >= 4 is 17.7 Å². The monoisotopic (exact) mass is 388 g/mol. The molecular weight excluding hydrogens is 368 g/mol. The second-order valence-corrected chi connectivity index (χ2v) is 5.96. The first kappa shape index (κ1) is 20.8. The van der Waals surface area contributed by atoms with Gasteiger partial charge in [0.1, 0.15) is 13.2 Å². The summed E-state index contributed by atoms with van der Waals surface area (Å²) in [6.07, 6.45) is -2.09. The number of aliphatic hydroxyl groups excluding tert-OH is 1. The lowest BCUT2D eigenvalue weighted by atomic mass is 10.2. The second-order valence-electron chi connectivity index (χ2n) is 5.96. The van der Waals surface area contributed by atoms with Crippen molar-refractivity contribution in [3.05, 3.63) is 75.8 Å². The van der Waals surface area contributed by atoms with Crippen molar-refractivity contribution < 1.29 is 29.1 Å². The summed E-state index contributed by atoms with van der Waals surface area (Å²) in [5.41, 5.74) is 1.21. The number of benzene rings is 2. The number of hydrogen-bond donors (Lipinski definition) is 2. The number of hydrogen-bond acceptors (Lipinski definition) is 7. The molecule has 0 bridgehead atoms. The molecule has 28 heavy (non-hydrogen) atoms. The summed E-state index contributed by atoms with van der Waals surface area (Å²) in [5.74, 6) is -0.856. The Morgan fingerprint density at radius 1 is 1.04 bits per heavy atom. The number of carbonyl (C=O) groups excluding carboxylic acids is 2. The predicted molar refractivity (Wildman–Crippen MR) is 98.1 cm³/mol. The molecule has 0 fully saturated rings. The van der Waals surface area contributed by atoms with Crippen LogP contribution in [-0.2, 0) is 27.5 Å². The highest BCUT2D eigenvalue weighted by Crippen LogP contribution is 2.13. The van der Waals surface area contributed by atoms with E-state index in [0.717, 1.165) is 5.56 Å². The van der Waals surface area contributed by atoms with E-state index in [0.29, 0.717) is 5.56 Å². The molecule has 0 aliphatic heterocycles. The number of nitrogens with one attached hydrogen (secondary N) is 1. The van der Waals surface area contributed by atoms with E-state index in [4.69, 9.17) is 9.47 Å². The smallest absolute Gasteiger partial charge is 0.408 e. The Morgan fingerprint density at radius 3 is 2.18 bits per heavy atom. The van der Waals surface area contributed by atoms with Crippen molar-refractivity contribution in [2.24, 2.45) is 0 Å². The number of ether oxygens (including phenoxy) is 2. The van der Waals surface area contributed by atoms with Crippen LogP contribution in [0.25, 0.3) is 0 Å². The Morgan fingerprint density at radius 2 is 1.61 bits per heavy atom. The first-order chi connectivity index (χ1) is 13.4. The molecule has 0 aromatic heterocycles. The van der Waals surface area contributed by atoms with Crippen LogP contribution in [0.1, 0.15) is 18.1 Å². The van der Waals surface area contributed by atoms with E-state index in [2.05, 4.69) is 5.32 Å². The van der Waals surface area contributed by atoms with Gasteiger partial charge >= 0.3 is 12.1 Å². The molecule has 0 saturated heterocycles. The molecule has 2 aromatic carbocycles. The summed E-state index contributed by atoms with van der Waals surface area (Å²) in [5, 5.41) is 22.7. The molecule has 0 radical (unpaired) electrons. The molecule has 2 N–H and O–H groups in total. The van der Waals surface area contributed by atoms with Crippen LogP contribution in [0.2, 0.25) is 0 Å². The molecule has 9 heteroatoms. The lowest BCUT2D eigenvalue weighted by Gasteiger charge is -2.19. The maximum atomic E-state index is 12.2. The van der Waals surface area contributed by atoms with Crippen LogP contribution in [0.15, 0.2) is 54.6 Å². The minimum absolute atomic E-state index is 0.0110. The Labute approximate surface area is 161 Å². The molecule has 0 heterocycles. The summed E-state index contributed by atoms with van der Waals surface area (Å²) >= 11 is 0. The Bertz CT molecular complexity index is 807. The molecule has 0 aliphatic carbocycles. The van der Waals surface area contributed by atoms with E-state index in [1.54, 1.807) is 24.3 Å². The number of non-ortho nitro benzene ring substituents is 1. The van der Waals surface area contributed by atoms with E-state index >= 15 is 0 Å². The molecule has 2 rings (SSSR count). The van der Waals surface area contributed by atoms with Crippen LogP contribution < -0.4 is 5.32 Å². The second kappa shape index (κ2) is 10.0. The summed E-state index contributed by atoms with van der Waals surface area (Å²) in [7, 11) is 0. The van der Waals surface area contributed by atoms with Crippen LogP contribution >= 0.6 is 0 Å². The van der Waals surface area contributed by atoms with Gasteiger partial charge in [-0.1, -0.05) is 30.3 Å². The van der Waals surface area contributed by atoms with Crippen molar-refractivity contribution in [1.29, 1.82) is 0 Å². The molecule has 0 unspecified atom stereocenters. The fourth-order valence-electron chi connectivity index (χ4n) is 2.23. The van der Waals surface area contributed by atoms with Gasteiger partial charge < -0.3 is 19.9 Å². The highest BCUT2D eigenvalue weighted by atomic mass is 16.6. The minimum Gasteiger partial charge on any atom is -0.459 e. The third-order valence-electron chi connectivity index (χ3n) is 3.75. The van der Waals surface area contributed by atoms with Gasteiger partial charge in [-0.3, -0.25) is 10.1 Å². The Kier molecular flexibility index (Phi) is 7.46. The lowest BCUT2D eigenvalue weighted by molar-refractivity contribution is -0.384. The summed E-state index contributed by atoms with van der Waals surface area (Å²) < 4.78 is 10.1. The highest BCUT2D eigenvalue weighted by molar-refractivity contribution is 5.81. The summed E-state index contributed by atoms with van der Waals surface area (Å²) in [6.45, 7) is 1.17. The average molecular weight is 388 g/mol. The number of rotatable bonds is 8. The normalized spacial score (nSPS) is 12.5. The maximum absolute atomic E-state index is 12.2. The number of carbonyl (C=O) groups is 2. The molecule has 0 spiro atoms. The highest BCUT2D eigenvalue weighted by Gasteiger charge is 2.28. The van der Waals surface area contributed by atoms with Crippen molar-refractivity contribution in [3.8, 4) is 0 Å². The van der Waals surface area contributed by atoms with Crippen LogP contribution in [0.3, 0.4) is 0 Å². The lowest BCUT2D eigenvalue weighted by Crippen LogP contribution is -2.48. The number of aliphatic hydroxyl groups is 1. The number of alkyl carbamates (subject to hydrolysis) is 1. The first-order valence-corrected chi connectivity index (χ1v) is 8.42. The van der Waals surface area contributed by atoms with E-state index in [9.17, 15) is 24.8 Å². The number of esters is 1. The van der Waals surface area contributed by atoms with Crippen molar-refractivity contribution in [2.75, 3.05) is 0 Å². The molecule has 0 saturated carbocycles. The van der Waals surface area contributed by atoms with Crippen LogP contribution in [-0.4, -0.2) is 34.2 Å². The summed E-state index contributed by atoms with van der Waals surface area (Å²) in [4.78, 5) is 34.2. The Balaban J connectivity index is 1.86. The predicted octanol–water partition coefficient (Wildman–Crippen LogP) is 2.31. The van der Waals surface area contributed by atoms with Crippen LogP contribution in [0, 0.1) is 10.1 Å². The van der Waals surface area contributed by atoms with Gasteiger partial charge in [-0.25, -0.2) is 9.59 Å². The van der Waals surface area contributed by atoms with E-state index in [1.165, 1.54) is 31.2 Å². The van der Waals surface area contributed by atoms with E-state index in [-0.39, 0.29) is 18.9 Å². The number of amides is 1. The zero-order chi connectivity index (χ0) is 20.5. The van der Waals surface area contributed by atoms with Gasteiger partial charge in [-0.15, -0.1) is 0 Å². The maximum Gasteiger partial charge on any atom is 0.408 e. The standard InChI is InChI=1S/C19H20N2O7/c1-13(22)17(20-19(24)28-12-14-5-3-2-4-6-14)18(23)27-11-15-7-9-16(10-8-15)21(25)26/h2-10,13,17,22H,11-12H2,1H3,(H,20,24)/t13-,17+/m1/s1. The third-order valence-corrected chi connectivity index (χ3v) is 3.75. The van der Waals surface area contributed by atoms with Crippen LogP contribution in [0.4, 0.5) is 10.5 Å². The molecule has 9 nitrogen and oxygen atoms in total. The van der Waals surface area contributed by atoms with Gasteiger partial charge in [0.15, 0.2) is 6.04 Å². The zero-order valence-electron chi connectivity index (χ0n) is 15.1. The van der Waals surface area contributed by atoms with Gasteiger partial charge in [-0.05, 0) is 30.2 Å². The Hall–Kier alpha value is -3.46. The minimum atomic E-state index is -1.32. The van der Waals surface area contributed by atoms with Gasteiger partial charge in [0.25, 0.3) is 5.69 Å². The molecule has 1 amide bonds. The fourth-order valence-corrected chi connectivity index (χ4v) is 2.23. The van der Waals surface area contributed by atoms with Crippen molar-refractivity contribution in [1.82, 2.24) is 5.32 Å². The number of nitro benzene ring substituents is 1. The number of nitrogens with zero attached hydrogens (tertiary/aromatic N) is 1. The van der Waals surface area contributed by atoms with E-state index in [1.807, 2.05) is 6.07 Å². The molecule has 148 valence electrons. The van der Waals surface area contributed by atoms with Gasteiger partial charge in [0.2, 0.25) is 0 Å². The quantitative estimate of drug-likeness (QED) is 0.403. The topological polar surface area (TPSA) is 128 Å². The largest absolute Gasteiger partial charge is 0.459 e. The molecule has 0 aliphatic rings. The SMILES string of the molecule is C[C@@H](O)[C@H](NC(=O)OCc1ccccc1)C(=O)OCc1ccc([N+](=O)[O-])cc1. The van der Waals surface area contributed by atoms with Crippen LogP contribution in [0.5, 0.6) is 0 Å². The molecular formula is C19H20N2O7. The van der Waals surface area contributed by atoms with Gasteiger partial charge in [-0.2, -0.15) is 0 Å². The third kappa shape index (κ3) is 6.36. The molecule has 2 atom stereocenters. The number of nitro groups is 1. The van der Waals surface area contributed by atoms with Gasteiger partial charge in [0, 0.05) is 12.1 Å². The zero-order valence-corrected chi connectivity index (χ0v) is 15.1. The van der Waals surface area contributed by atoms with Crippen molar-refractivity contribution in [2.45, 2.75) is 32.3 Å².